The van der Waals surface area contributed by atoms with Gasteiger partial charge in [0.15, 0.2) is 5.13 Å². The van der Waals surface area contributed by atoms with E-state index in [1.807, 2.05) is 17.5 Å². The Kier molecular flexibility index (Phi) is 4.76. The van der Waals surface area contributed by atoms with E-state index in [4.69, 9.17) is 0 Å². The van der Waals surface area contributed by atoms with Crippen LogP contribution in [0.1, 0.15) is 19.3 Å². The molecule has 2 saturated heterocycles. The quantitative estimate of drug-likeness (QED) is 0.823. The van der Waals surface area contributed by atoms with E-state index < -0.39 is 0 Å². The van der Waals surface area contributed by atoms with Crippen LogP contribution in [-0.4, -0.2) is 42.7 Å². The number of thiazole rings is 1. The van der Waals surface area contributed by atoms with E-state index in [-0.39, 0.29) is 0 Å². The number of anilines is 2. The summed E-state index contributed by atoms with van der Waals surface area (Å²) in [6.45, 7) is 4.67. The lowest BCUT2D eigenvalue weighted by atomic mass is 10.1. The Labute approximate surface area is 146 Å². The van der Waals surface area contributed by atoms with Gasteiger partial charge in [-0.25, -0.2) is 4.98 Å². The van der Waals surface area contributed by atoms with Crippen LogP contribution >= 0.6 is 23.1 Å². The van der Waals surface area contributed by atoms with Crippen LogP contribution in [0.3, 0.4) is 0 Å². The van der Waals surface area contributed by atoms with Gasteiger partial charge in [0.05, 0.1) is 4.88 Å². The Morgan fingerprint density at radius 3 is 2.30 bits per heavy atom. The summed E-state index contributed by atoms with van der Waals surface area (Å²) in [6, 6.07) is 9.05. The lowest BCUT2D eigenvalue weighted by Crippen LogP contribution is -2.32. The molecule has 2 aliphatic rings. The van der Waals surface area contributed by atoms with Crippen LogP contribution in [0, 0.1) is 0 Å². The van der Waals surface area contributed by atoms with Gasteiger partial charge in [-0.1, -0.05) is 23.5 Å². The summed E-state index contributed by atoms with van der Waals surface area (Å²) < 4.78 is 0. The number of hydrogen-bond donors (Lipinski definition) is 0. The number of thioether (sulfide) groups is 1. The lowest BCUT2D eigenvalue weighted by molar-refractivity contribution is 0.577. The summed E-state index contributed by atoms with van der Waals surface area (Å²) in [7, 11) is 0. The standard InChI is InChI=1S/C18H23N3S2/c1-2-8-21(9-3-1)18-19-14-17(23-18)15-4-6-16(7-5-15)20-10-12-22-13-11-20/h4-7,14H,1-3,8-13H2. The van der Waals surface area contributed by atoms with Gasteiger partial charge >= 0.3 is 0 Å². The van der Waals surface area contributed by atoms with Crippen molar-refractivity contribution in [2.75, 3.05) is 47.5 Å². The van der Waals surface area contributed by atoms with Gasteiger partial charge in [0.25, 0.3) is 0 Å². The van der Waals surface area contributed by atoms with Crippen molar-refractivity contribution in [2.45, 2.75) is 19.3 Å². The van der Waals surface area contributed by atoms with Crippen molar-refractivity contribution in [3.05, 3.63) is 30.5 Å². The third kappa shape index (κ3) is 3.50. The van der Waals surface area contributed by atoms with E-state index in [2.05, 4.69) is 50.8 Å². The number of benzene rings is 1. The minimum absolute atomic E-state index is 1.17. The van der Waals surface area contributed by atoms with Crippen LogP contribution < -0.4 is 9.80 Å². The monoisotopic (exact) mass is 345 g/mol. The van der Waals surface area contributed by atoms with Gasteiger partial charge in [-0.15, -0.1) is 0 Å². The van der Waals surface area contributed by atoms with Gasteiger partial charge in [0.2, 0.25) is 0 Å². The second-order valence-corrected chi connectivity index (χ2v) is 8.43. The van der Waals surface area contributed by atoms with Crippen LogP contribution in [0.25, 0.3) is 10.4 Å². The van der Waals surface area contributed by atoms with E-state index in [0.717, 1.165) is 0 Å². The SMILES string of the molecule is c1cc(N2CCSCC2)ccc1-c1cnc(N2CCCCC2)s1. The largest absolute Gasteiger partial charge is 0.370 e. The lowest BCUT2D eigenvalue weighted by Gasteiger charge is -2.28. The molecule has 1 aromatic heterocycles. The first-order valence-electron chi connectivity index (χ1n) is 8.54. The summed E-state index contributed by atoms with van der Waals surface area (Å²) in [5.41, 5.74) is 2.65. The van der Waals surface area contributed by atoms with Crippen LogP contribution in [0.15, 0.2) is 30.5 Å². The summed E-state index contributed by atoms with van der Waals surface area (Å²) in [5.74, 6) is 2.49. The summed E-state index contributed by atoms with van der Waals surface area (Å²) in [6.07, 6.45) is 6.02. The molecule has 4 rings (SSSR count). The van der Waals surface area contributed by atoms with Gasteiger partial charge in [0.1, 0.15) is 0 Å². The third-order valence-corrected chi connectivity index (χ3v) is 6.70. The Morgan fingerprint density at radius 2 is 1.57 bits per heavy atom. The molecular weight excluding hydrogens is 322 g/mol. The first-order valence-corrected chi connectivity index (χ1v) is 10.5. The molecule has 0 unspecified atom stereocenters. The number of hydrogen-bond acceptors (Lipinski definition) is 5. The molecule has 1 aromatic carbocycles. The normalized spacial score (nSPS) is 19.1. The molecule has 0 bridgehead atoms. The van der Waals surface area contributed by atoms with Crippen LogP contribution in [0.5, 0.6) is 0 Å². The highest BCUT2D eigenvalue weighted by molar-refractivity contribution is 7.99. The molecule has 0 aliphatic carbocycles. The fourth-order valence-electron chi connectivity index (χ4n) is 3.29. The highest BCUT2D eigenvalue weighted by atomic mass is 32.2. The number of aromatic nitrogens is 1. The Bertz CT molecular complexity index is 626. The van der Waals surface area contributed by atoms with E-state index in [0.29, 0.717) is 0 Å². The van der Waals surface area contributed by atoms with Crippen molar-refractivity contribution in [1.82, 2.24) is 4.98 Å². The predicted octanol–water partition coefficient (Wildman–Crippen LogP) is 4.35. The number of rotatable bonds is 3. The molecule has 0 atom stereocenters. The van der Waals surface area contributed by atoms with Crippen molar-refractivity contribution >= 4 is 33.9 Å². The maximum absolute atomic E-state index is 4.66. The molecule has 0 saturated carbocycles. The van der Waals surface area contributed by atoms with Gasteiger partial charge in [0, 0.05) is 49.6 Å². The van der Waals surface area contributed by atoms with Crippen molar-refractivity contribution in [2.24, 2.45) is 0 Å². The van der Waals surface area contributed by atoms with Crippen molar-refractivity contribution < 1.29 is 0 Å². The zero-order chi connectivity index (χ0) is 15.5. The molecule has 2 aromatic rings. The molecule has 2 aliphatic heterocycles. The molecule has 5 heteroatoms. The zero-order valence-corrected chi connectivity index (χ0v) is 15.0. The fourth-order valence-corrected chi connectivity index (χ4v) is 5.16. The van der Waals surface area contributed by atoms with Gasteiger partial charge in [-0.05, 0) is 37.0 Å². The second kappa shape index (κ2) is 7.14. The average molecular weight is 346 g/mol. The highest BCUT2D eigenvalue weighted by Crippen LogP contribution is 2.33. The first kappa shape index (κ1) is 15.3. The predicted molar refractivity (Wildman–Crippen MR) is 103 cm³/mol. The van der Waals surface area contributed by atoms with Crippen molar-refractivity contribution in [1.29, 1.82) is 0 Å². The maximum atomic E-state index is 4.66. The number of piperidine rings is 1. The Balaban J connectivity index is 1.48. The van der Waals surface area contributed by atoms with E-state index in [1.165, 1.54) is 78.2 Å². The molecule has 122 valence electrons. The van der Waals surface area contributed by atoms with E-state index in [1.54, 1.807) is 0 Å². The second-order valence-electron chi connectivity index (χ2n) is 6.20. The third-order valence-electron chi connectivity index (χ3n) is 4.65. The molecule has 3 heterocycles. The molecule has 2 fully saturated rings. The molecular formula is C18H23N3S2. The molecule has 0 radical (unpaired) electrons. The van der Waals surface area contributed by atoms with E-state index in [9.17, 15) is 0 Å². The summed E-state index contributed by atoms with van der Waals surface area (Å²) in [5, 5.41) is 1.19. The minimum Gasteiger partial charge on any atom is -0.370 e. The zero-order valence-electron chi connectivity index (χ0n) is 13.4. The molecule has 3 nitrogen and oxygen atoms in total. The topological polar surface area (TPSA) is 19.4 Å². The molecule has 0 amide bonds. The maximum Gasteiger partial charge on any atom is 0.185 e. The Hall–Kier alpha value is -1.20. The van der Waals surface area contributed by atoms with Gasteiger partial charge < -0.3 is 9.80 Å². The average Bonchev–Trinajstić information content (AvgIpc) is 3.14. The smallest absolute Gasteiger partial charge is 0.185 e. The molecule has 0 N–H and O–H groups in total. The first-order chi connectivity index (χ1) is 11.4. The van der Waals surface area contributed by atoms with Crippen molar-refractivity contribution in [3.8, 4) is 10.4 Å². The summed E-state index contributed by atoms with van der Waals surface area (Å²) >= 11 is 3.89. The Morgan fingerprint density at radius 1 is 0.826 bits per heavy atom. The van der Waals surface area contributed by atoms with Crippen molar-refractivity contribution in [3.63, 3.8) is 0 Å². The van der Waals surface area contributed by atoms with Gasteiger partial charge in [-0.2, -0.15) is 11.8 Å². The highest BCUT2D eigenvalue weighted by Gasteiger charge is 2.15. The molecule has 23 heavy (non-hydrogen) atoms. The number of nitrogens with zero attached hydrogens (tertiary/aromatic N) is 3. The van der Waals surface area contributed by atoms with Gasteiger partial charge in [-0.3, -0.25) is 0 Å². The minimum atomic E-state index is 1.17. The van der Waals surface area contributed by atoms with Crippen LogP contribution in [-0.2, 0) is 0 Å². The van der Waals surface area contributed by atoms with E-state index >= 15 is 0 Å². The van der Waals surface area contributed by atoms with Crippen LogP contribution in [0.2, 0.25) is 0 Å². The fraction of sp³-hybridized carbons (Fsp3) is 0.500. The molecule has 0 spiro atoms. The summed E-state index contributed by atoms with van der Waals surface area (Å²) in [4.78, 5) is 10.9. The van der Waals surface area contributed by atoms with Crippen LogP contribution in [0.4, 0.5) is 10.8 Å².